The lowest BCUT2D eigenvalue weighted by atomic mass is 9.96. The summed E-state index contributed by atoms with van der Waals surface area (Å²) in [4.78, 5) is 11.1. The molecule has 0 saturated heterocycles. The van der Waals surface area contributed by atoms with Crippen molar-refractivity contribution in [3.8, 4) is 16.9 Å². The van der Waals surface area contributed by atoms with Crippen LogP contribution in [0.4, 0.5) is 4.39 Å². The molecule has 0 unspecified atom stereocenters. The Bertz CT molecular complexity index is 591. The molecule has 0 spiro atoms. The first-order chi connectivity index (χ1) is 8.67. The zero-order valence-corrected chi connectivity index (χ0v) is 10.2. The molecule has 0 saturated carbocycles. The molecule has 0 amide bonds. The Morgan fingerprint density at radius 2 is 1.94 bits per heavy atom. The van der Waals surface area contributed by atoms with E-state index in [2.05, 4.69) is 0 Å². The SMILES string of the molecule is COc1ccc(-c2cccc(F)c2C)c(C=O)c1. The van der Waals surface area contributed by atoms with Crippen LogP contribution >= 0.6 is 0 Å². The van der Waals surface area contributed by atoms with Gasteiger partial charge in [0.1, 0.15) is 11.6 Å². The summed E-state index contributed by atoms with van der Waals surface area (Å²) < 4.78 is 18.6. The van der Waals surface area contributed by atoms with Gasteiger partial charge in [0.25, 0.3) is 0 Å². The number of rotatable bonds is 3. The fourth-order valence-corrected chi connectivity index (χ4v) is 1.91. The van der Waals surface area contributed by atoms with Crippen LogP contribution in [-0.4, -0.2) is 13.4 Å². The molecule has 3 heteroatoms. The molecular weight excluding hydrogens is 231 g/mol. The molecule has 0 bridgehead atoms. The van der Waals surface area contributed by atoms with Crippen molar-refractivity contribution in [1.29, 1.82) is 0 Å². The topological polar surface area (TPSA) is 26.3 Å². The highest BCUT2D eigenvalue weighted by Gasteiger charge is 2.10. The van der Waals surface area contributed by atoms with Gasteiger partial charge in [-0.15, -0.1) is 0 Å². The lowest BCUT2D eigenvalue weighted by molar-refractivity contribution is 0.112. The van der Waals surface area contributed by atoms with Crippen molar-refractivity contribution >= 4 is 6.29 Å². The molecule has 0 aliphatic heterocycles. The van der Waals surface area contributed by atoms with E-state index in [-0.39, 0.29) is 5.82 Å². The Labute approximate surface area is 105 Å². The normalized spacial score (nSPS) is 10.2. The van der Waals surface area contributed by atoms with E-state index in [4.69, 9.17) is 4.74 Å². The van der Waals surface area contributed by atoms with Crippen LogP contribution in [0.5, 0.6) is 5.75 Å². The number of carbonyl (C=O) groups is 1. The molecule has 2 aromatic carbocycles. The van der Waals surface area contributed by atoms with E-state index in [1.165, 1.54) is 13.2 Å². The van der Waals surface area contributed by atoms with Crippen LogP contribution < -0.4 is 4.74 Å². The number of benzene rings is 2. The van der Waals surface area contributed by atoms with Gasteiger partial charge < -0.3 is 4.74 Å². The summed E-state index contributed by atoms with van der Waals surface area (Å²) in [6, 6.07) is 10.0. The van der Waals surface area contributed by atoms with E-state index in [1.54, 1.807) is 37.3 Å². The van der Waals surface area contributed by atoms with Gasteiger partial charge in [-0.2, -0.15) is 0 Å². The number of halogens is 1. The van der Waals surface area contributed by atoms with Gasteiger partial charge in [0, 0.05) is 5.56 Å². The fourth-order valence-electron chi connectivity index (χ4n) is 1.91. The highest BCUT2D eigenvalue weighted by molar-refractivity contribution is 5.89. The van der Waals surface area contributed by atoms with Gasteiger partial charge in [0.05, 0.1) is 7.11 Å². The molecule has 0 aliphatic rings. The number of hydrogen-bond donors (Lipinski definition) is 0. The van der Waals surface area contributed by atoms with Crippen LogP contribution in [0, 0.1) is 12.7 Å². The molecule has 0 fully saturated rings. The van der Waals surface area contributed by atoms with Crippen molar-refractivity contribution in [3.05, 3.63) is 53.3 Å². The average Bonchev–Trinajstić information content (AvgIpc) is 2.41. The number of ether oxygens (including phenoxy) is 1. The van der Waals surface area contributed by atoms with Gasteiger partial charge in [-0.3, -0.25) is 4.79 Å². The predicted molar refractivity (Wildman–Crippen MR) is 68.5 cm³/mol. The van der Waals surface area contributed by atoms with E-state index in [0.29, 0.717) is 22.4 Å². The third kappa shape index (κ3) is 2.12. The molecule has 92 valence electrons. The van der Waals surface area contributed by atoms with Gasteiger partial charge in [0.15, 0.2) is 6.29 Å². The number of hydrogen-bond acceptors (Lipinski definition) is 2. The minimum Gasteiger partial charge on any atom is -0.497 e. The molecule has 0 aliphatic carbocycles. The first-order valence-electron chi connectivity index (χ1n) is 5.56. The Hall–Kier alpha value is -2.16. The van der Waals surface area contributed by atoms with Crippen molar-refractivity contribution in [2.45, 2.75) is 6.92 Å². The predicted octanol–water partition coefficient (Wildman–Crippen LogP) is 3.62. The molecule has 2 rings (SSSR count). The first kappa shape index (κ1) is 12.3. The van der Waals surface area contributed by atoms with E-state index in [9.17, 15) is 9.18 Å². The van der Waals surface area contributed by atoms with E-state index in [0.717, 1.165) is 11.8 Å². The molecule has 0 atom stereocenters. The molecule has 2 nitrogen and oxygen atoms in total. The second-order valence-electron chi connectivity index (χ2n) is 3.98. The standard InChI is InChI=1S/C15H13FO2/c1-10-13(4-3-5-15(10)16)14-7-6-12(18-2)8-11(14)9-17/h3-9H,1-2H3. The summed E-state index contributed by atoms with van der Waals surface area (Å²) in [6.07, 6.45) is 0.752. The fraction of sp³-hybridized carbons (Fsp3) is 0.133. The lowest BCUT2D eigenvalue weighted by Gasteiger charge is -2.10. The Kier molecular flexibility index (Phi) is 3.42. The van der Waals surface area contributed by atoms with Crippen LogP contribution in [0.1, 0.15) is 15.9 Å². The van der Waals surface area contributed by atoms with E-state index in [1.807, 2.05) is 0 Å². The monoisotopic (exact) mass is 244 g/mol. The van der Waals surface area contributed by atoms with Gasteiger partial charge in [-0.1, -0.05) is 12.1 Å². The summed E-state index contributed by atoms with van der Waals surface area (Å²) in [5.41, 5.74) is 2.45. The zero-order chi connectivity index (χ0) is 13.1. The van der Waals surface area contributed by atoms with Gasteiger partial charge in [-0.25, -0.2) is 4.39 Å². The average molecular weight is 244 g/mol. The van der Waals surface area contributed by atoms with Crippen LogP contribution in [0.2, 0.25) is 0 Å². The van der Waals surface area contributed by atoms with Crippen LogP contribution in [0.3, 0.4) is 0 Å². The molecule has 0 radical (unpaired) electrons. The van der Waals surface area contributed by atoms with Gasteiger partial charge in [-0.05, 0) is 47.9 Å². The maximum Gasteiger partial charge on any atom is 0.150 e. The van der Waals surface area contributed by atoms with Crippen molar-refractivity contribution in [3.63, 3.8) is 0 Å². The van der Waals surface area contributed by atoms with Gasteiger partial charge in [0.2, 0.25) is 0 Å². The quantitative estimate of drug-likeness (QED) is 0.771. The van der Waals surface area contributed by atoms with E-state index >= 15 is 0 Å². The van der Waals surface area contributed by atoms with Gasteiger partial charge >= 0.3 is 0 Å². The first-order valence-corrected chi connectivity index (χ1v) is 5.56. The largest absolute Gasteiger partial charge is 0.497 e. The van der Waals surface area contributed by atoms with Crippen molar-refractivity contribution in [2.24, 2.45) is 0 Å². The van der Waals surface area contributed by atoms with Crippen LogP contribution in [0.25, 0.3) is 11.1 Å². The van der Waals surface area contributed by atoms with Crippen LogP contribution in [-0.2, 0) is 0 Å². The van der Waals surface area contributed by atoms with Crippen molar-refractivity contribution < 1.29 is 13.9 Å². The molecule has 18 heavy (non-hydrogen) atoms. The molecule has 0 N–H and O–H groups in total. The Morgan fingerprint density at radius 1 is 1.17 bits per heavy atom. The number of aldehydes is 1. The summed E-state index contributed by atoms with van der Waals surface area (Å²) in [5, 5.41) is 0. The summed E-state index contributed by atoms with van der Waals surface area (Å²) in [6.45, 7) is 1.70. The van der Waals surface area contributed by atoms with Crippen molar-refractivity contribution in [1.82, 2.24) is 0 Å². The smallest absolute Gasteiger partial charge is 0.150 e. The molecule has 0 aromatic heterocycles. The minimum atomic E-state index is -0.278. The van der Waals surface area contributed by atoms with E-state index < -0.39 is 0 Å². The Morgan fingerprint density at radius 3 is 2.61 bits per heavy atom. The summed E-state index contributed by atoms with van der Waals surface area (Å²) in [5.74, 6) is 0.329. The third-order valence-electron chi connectivity index (χ3n) is 2.94. The van der Waals surface area contributed by atoms with Crippen molar-refractivity contribution in [2.75, 3.05) is 7.11 Å². The molecule has 2 aromatic rings. The highest BCUT2D eigenvalue weighted by atomic mass is 19.1. The summed E-state index contributed by atoms with van der Waals surface area (Å²) in [7, 11) is 1.54. The second-order valence-corrected chi connectivity index (χ2v) is 3.98. The maximum absolute atomic E-state index is 13.5. The number of methoxy groups -OCH3 is 1. The lowest BCUT2D eigenvalue weighted by Crippen LogP contribution is -1.94. The molecule has 0 heterocycles. The Balaban J connectivity index is 2.63. The highest BCUT2D eigenvalue weighted by Crippen LogP contribution is 2.29. The third-order valence-corrected chi connectivity index (χ3v) is 2.94. The minimum absolute atomic E-state index is 0.278. The second kappa shape index (κ2) is 5.00. The maximum atomic E-state index is 13.5. The molecular formula is C15H13FO2. The summed E-state index contributed by atoms with van der Waals surface area (Å²) >= 11 is 0. The number of carbonyl (C=O) groups excluding carboxylic acids is 1. The zero-order valence-electron chi connectivity index (χ0n) is 10.2. The van der Waals surface area contributed by atoms with Crippen LogP contribution in [0.15, 0.2) is 36.4 Å².